The molecule has 1 saturated heterocycles. The summed E-state index contributed by atoms with van der Waals surface area (Å²) in [6, 6.07) is 7.30. The predicted octanol–water partition coefficient (Wildman–Crippen LogP) is 3.39. The highest BCUT2D eigenvalue weighted by Crippen LogP contribution is 2.32. The van der Waals surface area contributed by atoms with Crippen LogP contribution in [-0.2, 0) is 7.05 Å². The van der Waals surface area contributed by atoms with Gasteiger partial charge in [0.05, 0.1) is 17.2 Å². The van der Waals surface area contributed by atoms with E-state index in [0.29, 0.717) is 28.6 Å². The number of amides is 1. The minimum absolute atomic E-state index is 0.115. The van der Waals surface area contributed by atoms with Gasteiger partial charge in [0.1, 0.15) is 11.6 Å². The number of carbonyl (C=O) groups is 1. The fourth-order valence-electron chi connectivity index (χ4n) is 5.79. The van der Waals surface area contributed by atoms with Gasteiger partial charge in [-0.2, -0.15) is 10.1 Å². The molecule has 2 aromatic heterocycles. The Kier molecular flexibility index (Phi) is 6.56. The van der Waals surface area contributed by atoms with Crippen molar-refractivity contribution in [1.82, 2.24) is 25.1 Å². The van der Waals surface area contributed by atoms with Crippen LogP contribution in [-0.4, -0.2) is 68.1 Å². The molecule has 10 nitrogen and oxygen atoms in total. The van der Waals surface area contributed by atoms with E-state index < -0.39 is 17.8 Å². The van der Waals surface area contributed by atoms with E-state index in [0.717, 1.165) is 37.0 Å². The molecule has 3 N–H and O–H groups in total. The molecule has 1 aliphatic carbocycles. The molecule has 4 atom stereocenters. The van der Waals surface area contributed by atoms with Gasteiger partial charge < -0.3 is 25.4 Å². The van der Waals surface area contributed by atoms with Gasteiger partial charge >= 0.3 is 6.01 Å². The average molecular weight is 534 g/mol. The maximum atomic E-state index is 14.7. The monoisotopic (exact) mass is 533 g/mol. The van der Waals surface area contributed by atoms with Crippen molar-refractivity contribution in [2.75, 3.05) is 23.3 Å². The number of piperazine rings is 1. The molecule has 6 rings (SSSR count). The van der Waals surface area contributed by atoms with Crippen molar-refractivity contribution < 1.29 is 19.0 Å². The third-order valence-electron chi connectivity index (χ3n) is 7.46. The van der Waals surface area contributed by atoms with Crippen molar-refractivity contribution in [2.45, 2.75) is 57.4 Å². The lowest BCUT2D eigenvalue weighted by atomic mass is 10.0. The second kappa shape index (κ2) is 10.0. The standard InChI is InChI=1S/C28H32FN7O3/c1-15-12-36(13-16(2)31-15)22-8-7-19(26-20(22)11-30-28(33-26)39-24-6-4-5-23(24)37)27(38)32-18-9-17-14-35(3)34-25(17)21(29)10-18/h7-11,14-16,23-24,31,37H,4-6,12-13H2,1-3H3,(H,32,38)/t15-,16-,23-,24+/m0/s1. The average Bonchev–Trinajstić information content (AvgIpc) is 3.47. The molecule has 1 aliphatic heterocycles. The van der Waals surface area contributed by atoms with Crippen LogP contribution in [0.1, 0.15) is 43.5 Å². The molecule has 3 heterocycles. The van der Waals surface area contributed by atoms with Crippen molar-refractivity contribution in [3.8, 4) is 6.01 Å². The highest BCUT2D eigenvalue weighted by molar-refractivity contribution is 6.14. The number of hydrogen-bond acceptors (Lipinski definition) is 8. The second-order valence-electron chi connectivity index (χ2n) is 10.7. The Morgan fingerprint density at radius 1 is 1.18 bits per heavy atom. The Balaban J connectivity index is 1.39. The van der Waals surface area contributed by atoms with Crippen molar-refractivity contribution in [3.63, 3.8) is 0 Å². The first-order valence-corrected chi connectivity index (χ1v) is 13.3. The number of anilines is 2. The van der Waals surface area contributed by atoms with E-state index in [1.54, 1.807) is 31.6 Å². The molecule has 4 aromatic rings. The molecule has 0 radical (unpaired) electrons. The number of hydrogen-bond donors (Lipinski definition) is 3. The van der Waals surface area contributed by atoms with Gasteiger partial charge in [-0.3, -0.25) is 9.48 Å². The summed E-state index contributed by atoms with van der Waals surface area (Å²) < 4.78 is 22.1. The molecular weight excluding hydrogens is 501 g/mol. The van der Waals surface area contributed by atoms with Gasteiger partial charge in [-0.05, 0) is 57.4 Å². The van der Waals surface area contributed by atoms with E-state index in [2.05, 4.69) is 44.4 Å². The van der Waals surface area contributed by atoms with E-state index in [4.69, 9.17) is 4.74 Å². The number of aliphatic hydroxyl groups excluding tert-OH is 1. The van der Waals surface area contributed by atoms with Gasteiger partial charge in [-0.25, -0.2) is 9.37 Å². The van der Waals surface area contributed by atoms with Crippen LogP contribution < -0.4 is 20.3 Å². The predicted molar refractivity (Wildman–Crippen MR) is 147 cm³/mol. The Hall–Kier alpha value is -3.83. The number of aliphatic hydroxyl groups is 1. The van der Waals surface area contributed by atoms with E-state index in [1.165, 1.54) is 10.7 Å². The molecule has 2 fully saturated rings. The second-order valence-corrected chi connectivity index (χ2v) is 10.7. The summed E-state index contributed by atoms with van der Waals surface area (Å²) in [4.78, 5) is 24.9. The summed E-state index contributed by atoms with van der Waals surface area (Å²) in [5.74, 6) is -0.944. The minimum atomic E-state index is -0.570. The Morgan fingerprint density at radius 2 is 1.97 bits per heavy atom. The topological polar surface area (TPSA) is 117 Å². The first kappa shape index (κ1) is 25.4. The Labute approximate surface area is 225 Å². The molecule has 2 aliphatic rings. The molecule has 0 bridgehead atoms. The summed E-state index contributed by atoms with van der Waals surface area (Å²) in [6.45, 7) is 5.87. The number of nitrogens with one attached hydrogen (secondary N) is 2. The zero-order valence-electron chi connectivity index (χ0n) is 22.2. The van der Waals surface area contributed by atoms with E-state index in [1.807, 2.05) is 6.07 Å². The zero-order valence-corrected chi connectivity index (χ0v) is 22.2. The van der Waals surface area contributed by atoms with E-state index >= 15 is 0 Å². The highest BCUT2D eigenvalue weighted by atomic mass is 19.1. The number of benzene rings is 2. The van der Waals surface area contributed by atoms with Crippen molar-refractivity contribution >= 4 is 39.1 Å². The number of fused-ring (bicyclic) bond motifs is 2. The van der Waals surface area contributed by atoms with Gasteiger partial charge in [0.25, 0.3) is 5.91 Å². The molecule has 1 amide bonds. The SMILES string of the molecule is C[C@H]1CN(c2ccc(C(=O)Nc3cc(F)c4nn(C)cc4c3)c3nc(O[C@@H]4CCC[C@@H]4O)ncc23)C[C@H](C)N1. The smallest absolute Gasteiger partial charge is 0.317 e. The largest absolute Gasteiger partial charge is 0.457 e. The van der Waals surface area contributed by atoms with Crippen LogP contribution >= 0.6 is 0 Å². The lowest BCUT2D eigenvalue weighted by molar-refractivity contribution is 0.0544. The zero-order chi connectivity index (χ0) is 27.3. The number of nitrogens with zero attached hydrogens (tertiary/aromatic N) is 5. The summed E-state index contributed by atoms with van der Waals surface area (Å²) >= 11 is 0. The van der Waals surface area contributed by atoms with Crippen LogP contribution in [0.4, 0.5) is 15.8 Å². The van der Waals surface area contributed by atoms with Crippen LogP contribution in [0.25, 0.3) is 21.8 Å². The minimum Gasteiger partial charge on any atom is -0.457 e. The third-order valence-corrected chi connectivity index (χ3v) is 7.46. The lowest BCUT2D eigenvalue weighted by Crippen LogP contribution is -2.54. The van der Waals surface area contributed by atoms with Crippen molar-refractivity contribution in [2.24, 2.45) is 7.05 Å². The number of carbonyl (C=O) groups excluding carboxylic acids is 1. The number of rotatable bonds is 5. The summed E-state index contributed by atoms with van der Waals surface area (Å²) in [5.41, 5.74) is 2.24. The van der Waals surface area contributed by atoms with Gasteiger partial charge in [0, 0.05) is 66.8 Å². The molecule has 1 saturated carbocycles. The van der Waals surface area contributed by atoms with Crippen LogP contribution in [0.3, 0.4) is 0 Å². The quantitative estimate of drug-likeness (QED) is 0.358. The molecule has 204 valence electrons. The van der Waals surface area contributed by atoms with Crippen molar-refractivity contribution in [1.29, 1.82) is 0 Å². The van der Waals surface area contributed by atoms with E-state index in [-0.39, 0.29) is 29.7 Å². The van der Waals surface area contributed by atoms with Crippen LogP contribution in [0.15, 0.2) is 36.7 Å². The number of halogens is 1. The first-order chi connectivity index (χ1) is 18.7. The summed E-state index contributed by atoms with van der Waals surface area (Å²) in [7, 11) is 1.72. The number of aryl methyl sites for hydroxylation is 1. The fraction of sp³-hybridized carbons (Fsp3) is 0.429. The molecular formula is C28H32FN7O3. The van der Waals surface area contributed by atoms with Crippen LogP contribution in [0, 0.1) is 5.82 Å². The first-order valence-electron chi connectivity index (χ1n) is 13.3. The van der Waals surface area contributed by atoms with Gasteiger partial charge in [-0.1, -0.05) is 0 Å². The van der Waals surface area contributed by atoms with Crippen LogP contribution in [0.2, 0.25) is 0 Å². The van der Waals surface area contributed by atoms with Gasteiger partial charge in [0.2, 0.25) is 0 Å². The van der Waals surface area contributed by atoms with E-state index in [9.17, 15) is 14.3 Å². The highest BCUT2D eigenvalue weighted by Gasteiger charge is 2.29. The fourth-order valence-corrected chi connectivity index (χ4v) is 5.79. The molecule has 0 spiro atoms. The molecule has 2 aromatic carbocycles. The lowest BCUT2D eigenvalue weighted by Gasteiger charge is -2.38. The maximum Gasteiger partial charge on any atom is 0.317 e. The van der Waals surface area contributed by atoms with Gasteiger partial charge in [-0.15, -0.1) is 0 Å². The Morgan fingerprint density at radius 3 is 2.72 bits per heavy atom. The number of aromatic nitrogens is 4. The molecule has 39 heavy (non-hydrogen) atoms. The number of ether oxygens (including phenoxy) is 1. The molecule has 11 heteroatoms. The van der Waals surface area contributed by atoms with Gasteiger partial charge in [0.15, 0.2) is 5.82 Å². The Bertz CT molecular complexity index is 1550. The third kappa shape index (κ3) is 4.99. The summed E-state index contributed by atoms with van der Waals surface area (Å²) in [6.07, 6.45) is 4.69. The van der Waals surface area contributed by atoms with Crippen LogP contribution in [0.5, 0.6) is 6.01 Å². The summed E-state index contributed by atoms with van der Waals surface area (Å²) in [5, 5.41) is 22.0. The molecule has 0 unspecified atom stereocenters. The van der Waals surface area contributed by atoms with Crippen molar-refractivity contribution in [3.05, 3.63) is 48.0 Å². The maximum absolute atomic E-state index is 14.7. The normalized spacial score (nSPS) is 23.5.